The molecule has 0 saturated heterocycles. The van der Waals surface area contributed by atoms with Crippen molar-refractivity contribution in [3.8, 4) is 0 Å². The highest BCUT2D eigenvalue weighted by atomic mass is 35.5. The molecule has 17 heavy (non-hydrogen) atoms. The fraction of sp³-hybridized carbons (Fsp3) is 0.167. The number of nitrogens with one attached hydrogen (secondary N) is 1. The Balaban J connectivity index is 2.19. The average molecular weight is 248 g/mol. The van der Waals surface area contributed by atoms with Gasteiger partial charge in [0, 0.05) is 24.2 Å². The molecular formula is C12H10ClN3O. The van der Waals surface area contributed by atoms with Gasteiger partial charge >= 0.3 is 0 Å². The maximum Gasteiger partial charge on any atom is 0.259 e. The largest absolute Gasteiger partial charge is 0.322 e. The maximum atomic E-state index is 12.0. The van der Waals surface area contributed by atoms with E-state index in [0.717, 1.165) is 16.9 Å². The Morgan fingerprint density at radius 2 is 2.29 bits per heavy atom. The highest BCUT2D eigenvalue weighted by Crippen LogP contribution is 2.28. The fourth-order valence-corrected chi connectivity index (χ4v) is 2.26. The number of anilines is 1. The molecule has 1 aromatic heterocycles. The van der Waals surface area contributed by atoms with Crippen LogP contribution in [0.5, 0.6) is 0 Å². The lowest BCUT2D eigenvalue weighted by Gasteiger charge is -2.06. The smallest absolute Gasteiger partial charge is 0.259 e. The Morgan fingerprint density at radius 1 is 1.47 bits per heavy atom. The highest BCUT2D eigenvalue weighted by Gasteiger charge is 2.22. The van der Waals surface area contributed by atoms with Crippen molar-refractivity contribution in [3.05, 3.63) is 46.2 Å². The summed E-state index contributed by atoms with van der Waals surface area (Å²) in [6, 6.07) is 5.48. The van der Waals surface area contributed by atoms with Crippen LogP contribution in [0.1, 0.15) is 21.6 Å². The number of aromatic nitrogens is 2. The first-order chi connectivity index (χ1) is 8.15. The number of carbonyl (C=O) groups excluding carboxylic acids is 1. The Labute approximate surface area is 103 Å². The topological polar surface area (TPSA) is 46.9 Å². The van der Waals surface area contributed by atoms with Crippen LogP contribution in [-0.4, -0.2) is 15.7 Å². The molecule has 0 fully saturated rings. The Morgan fingerprint density at radius 3 is 3.12 bits per heavy atom. The number of aryl methyl sites for hydroxylation is 1. The molecule has 0 spiro atoms. The van der Waals surface area contributed by atoms with Crippen molar-refractivity contribution in [2.45, 2.75) is 6.42 Å². The normalized spacial score (nSPS) is 13.6. The number of hydrogen-bond acceptors (Lipinski definition) is 2. The van der Waals surface area contributed by atoms with E-state index in [2.05, 4.69) is 10.4 Å². The van der Waals surface area contributed by atoms with E-state index in [9.17, 15) is 4.79 Å². The third kappa shape index (κ3) is 1.61. The zero-order chi connectivity index (χ0) is 12.0. The Hall–Kier alpha value is -1.81. The molecule has 0 unspecified atom stereocenters. The number of amides is 1. The van der Waals surface area contributed by atoms with Crippen LogP contribution in [0.4, 0.5) is 5.69 Å². The molecular weight excluding hydrogens is 238 g/mol. The standard InChI is InChI=1S/C12H10ClN3O/c1-16-11-5-7-4-8(13)2-3-10(7)15-12(17)9(11)6-14-16/h2-4,6H,5H2,1H3,(H,15,17). The Kier molecular flexibility index (Phi) is 2.19. The predicted molar refractivity (Wildman–Crippen MR) is 65.4 cm³/mol. The fourth-order valence-electron chi connectivity index (χ4n) is 2.06. The van der Waals surface area contributed by atoms with E-state index in [1.165, 1.54) is 0 Å². The lowest BCUT2D eigenvalue weighted by Crippen LogP contribution is -2.11. The molecule has 1 aliphatic heterocycles. The van der Waals surface area contributed by atoms with Crippen LogP contribution in [0, 0.1) is 0 Å². The minimum absolute atomic E-state index is 0.117. The number of fused-ring (bicyclic) bond motifs is 2. The lowest BCUT2D eigenvalue weighted by atomic mass is 10.1. The van der Waals surface area contributed by atoms with Gasteiger partial charge in [-0.1, -0.05) is 11.6 Å². The molecule has 4 nitrogen and oxygen atoms in total. The second kappa shape index (κ2) is 3.60. The summed E-state index contributed by atoms with van der Waals surface area (Å²) in [4.78, 5) is 12.0. The summed E-state index contributed by atoms with van der Waals surface area (Å²) < 4.78 is 1.73. The molecule has 86 valence electrons. The molecule has 0 radical (unpaired) electrons. The Bertz CT molecular complexity index is 618. The van der Waals surface area contributed by atoms with Crippen molar-refractivity contribution in [2.24, 2.45) is 7.05 Å². The van der Waals surface area contributed by atoms with Crippen LogP contribution >= 0.6 is 11.6 Å². The van der Waals surface area contributed by atoms with E-state index < -0.39 is 0 Å². The summed E-state index contributed by atoms with van der Waals surface area (Å²) in [7, 11) is 1.83. The second-order valence-corrected chi connectivity index (χ2v) is 4.50. The van der Waals surface area contributed by atoms with Gasteiger partial charge in [-0.15, -0.1) is 0 Å². The van der Waals surface area contributed by atoms with E-state index >= 15 is 0 Å². The molecule has 1 amide bonds. The van der Waals surface area contributed by atoms with Gasteiger partial charge in [0.25, 0.3) is 5.91 Å². The third-order valence-electron chi connectivity index (χ3n) is 2.98. The van der Waals surface area contributed by atoms with Crippen molar-refractivity contribution < 1.29 is 4.79 Å². The van der Waals surface area contributed by atoms with Crippen molar-refractivity contribution in [2.75, 3.05) is 5.32 Å². The molecule has 0 bridgehead atoms. The monoisotopic (exact) mass is 247 g/mol. The van der Waals surface area contributed by atoms with E-state index in [1.807, 2.05) is 19.2 Å². The average Bonchev–Trinajstić information content (AvgIpc) is 2.57. The number of halogens is 1. The number of rotatable bonds is 0. The van der Waals surface area contributed by atoms with Gasteiger partial charge in [0.1, 0.15) is 0 Å². The first kappa shape index (κ1) is 10.4. The molecule has 3 rings (SSSR count). The summed E-state index contributed by atoms with van der Waals surface area (Å²) in [5.41, 5.74) is 3.35. The van der Waals surface area contributed by atoms with Gasteiger partial charge in [0.05, 0.1) is 17.5 Å². The van der Waals surface area contributed by atoms with Gasteiger partial charge in [0.2, 0.25) is 0 Å². The maximum absolute atomic E-state index is 12.0. The van der Waals surface area contributed by atoms with Gasteiger partial charge < -0.3 is 5.32 Å². The van der Waals surface area contributed by atoms with Crippen LogP contribution in [-0.2, 0) is 13.5 Å². The second-order valence-electron chi connectivity index (χ2n) is 4.06. The minimum Gasteiger partial charge on any atom is -0.322 e. The van der Waals surface area contributed by atoms with Crippen LogP contribution in [0.2, 0.25) is 5.02 Å². The number of nitrogens with zero attached hydrogens (tertiary/aromatic N) is 2. The number of carbonyl (C=O) groups is 1. The summed E-state index contributed by atoms with van der Waals surface area (Å²) in [6.45, 7) is 0. The predicted octanol–water partition coefficient (Wildman–Crippen LogP) is 2.23. The zero-order valence-corrected chi connectivity index (χ0v) is 9.95. The van der Waals surface area contributed by atoms with E-state index in [-0.39, 0.29) is 5.91 Å². The molecule has 2 aromatic rings. The minimum atomic E-state index is -0.117. The molecule has 1 aliphatic rings. The number of hydrogen-bond donors (Lipinski definition) is 1. The van der Waals surface area contributed by atoms with Crippen LogP contribution < -0.4 is 5.32 Å². The molecule has 5 heteroatoms. The summed E-state index contributed by atoms with van der Waals surface area (Å²) in [5, 5.41) is 7.65. The summed E-state index contributed by atoms with van der Waals surface area (Å²) in [6.07, 6.45) is 2.25. The molecule has 2 heterocycles. The van der Waals surface area contributed by atoms with E-state index in [0.29, 0.717) is 17.0 Å². The van der Waals surface area contributed by atoms with Crippen molar-refractivity contribution in [3.63, 3.8) is 0 Å². The lowest BCUT2D eigenvalue weighted by molar-refractivity contribution is 0.102. The van der Waals surface area contributed by atoms with Crippen LogP contribution in [0.25, 0.3) is 0 Å². The quantitative estimate of drug-likeness (QED) is 0.776. The van der Waals surface area contributed by atoms with Gasteiger partial charge in [-0.05, 0) is 23.8 Å². The highest BCUT2D eigenvalue weighted by molar-refractivity contribution is 6.30. The first-order valence-corrected chi connectivity index (χ1v) is 5.63. The van der Waals surface area contributed by atoms with Crippen LogP contribution in [0.3, 0.4) is 0 Å². The van der Waals surface area contributed by atoms with Crippen LogP contribution in [0.15, 0.2) is 24.4 Å². The third-order valence-corrected chi connectivity index (χ3v) is 3.21. The van der Waals surface area contributed by atoms with E-state index in [4.69, 9.17) is 11.6 Å². The molecule has 1 N–H and O–H groups in total. The summed E-state index contributed by atoms with van der Waals surface area (Å²) in [5.74, 6) is -0.117. The van der Waals surface area contributed by atoms with Gasteiger partial charge in [-0.25, -0.2) is 0 Å². The van der Waals surface area contributed by atoms with Crippen molar-refractivity contribution >= 4 is 23.2 Å². The number of benzene rings is 1. The van der Waals surface area contributed by atoms with E-state index in [1.54, 1.807) is 16.9 Å². The van der Waals surface area contributed by atoms with Crippen molar-refractivity contribution in [1.29, 1.82) is 0 Å². The van der Waals surface area contributed by atoms with Gasteiger partial charge in [0.15, 0.2) is 0 Å². The molecule has 0 atom stereocenters. The molecule has 0 aliphatic carbocycles. The van der Waals surface area contributed by atoms with Crippen molar-refractivity contribution in [1.82, 2.24) is 9.78 Å². The summed E-state index contributed by atoms with van der Waals surface area (Å²) >= 11 is 5.97. The molecule has 0 saturated carbocycles. The molecule has 1 aromatic carbocycles. The SMILES string of the molecule is Cn1ncc2c1Cc1cc(Cl)ccc1NC2=O. The first-order valence-electron chi connectivity index (χ1n) is 5.26. The van der Waals surface area contributed by atoms with Gasteiger partial charge in [-0.2, -0.15) is 5.10 Å². The zero-order valence-electron chi connectivity index (χ0n) is 9.20. The van der Waals surface area contributed by atoms with Gasteiger partial charge in [-0.3, -0.25) is 9.48 Å².